The lowest BCUT2D eigenvalue weighted by atomic mass is 10.1. The number of carbonyl (C=O) groups excluding carboxylic acids is 1. The van der Waals surface area contributed by atoms with Crippen molar-refractivity contribution in [2.24, 2.45) is 0 Å². The number of aromatic nitrogens is 1. The minimum atomic E-state index is -1.06. The zero-order valence-corrected chi connectivity index (χ0v) is 12.4. The Morgan fingerprint density at radius 3 is 2.96 bits per heavy atom. The number of pyridine rings is 1. The van der Waals surface area contributed by atoms with E-state index in [2.05, 4.69) is 4.98 Å². The van der Waals surface area contributed by atoms with Gasteiger partial charge in [0.2, 0.25) is 5.91 Å². The summed E-state index contributed by atoms with van der Waals surface area (Å²) < 4.78 is 5.14. The lowest BCUT2D eigenvalue weighted by Crippen LogP contribution is -2.52. The Balaban J connectivity index is 1.83. The fourth-order valence-electron chi connectivity index (χ4n) is 2.59. The molecule has 2 heterocycles. The van der Waals surface area contributed by atoms with Gasteiger partial charge in [0.05, 0.1) is 18.7 Å². The van der Waals surface area contributed by atoms with E-state index in [9.17, 15) is 14.7 Å². The standard InChI is InChI=1S/C17H16N2O4/c20-15(19-9-10-23-11-14(19)17(21)22)7-6-13-4-1-3-12-5-2-8-18-16(12)13/h1-8,14H,9-11H2,(H,21,22). The van der Waals surface area contributed by atoms with E-state index in [4.69, 9.17) is 4.74 Å². The molecule has 0 saturated carbocycles. The molecule has 6 nitrogen and oxygen atoms in total. The maximum Gasteiger partial charge on any atom is 0.328 e. The smallest absolute Gasteiger partial charge is 0.328 e. The summed E-state index contributed by atoms with van der Waals surface area (Å²) in [5, 5.41) is 10.2. The van der Waals surface area contributed by atoms with Crippen molar-refractivity contribution < 1.29 is 19.4 Å². The molecule has 0 bridgehead atoms. The van der Waals surface area contributed by atoms with Crippen molar-refractivity contribution in [1.82, 2.24) is 9.88 Å². The van der Waals surface area contributed by atoms with Crippen molar-refractivity contribution >= 4 is 28.9 Å². The molecule has 6 heteroatoms. The molecule has 1 fully saturated rings. The Labute approximate surface area is 133 Å². The number of benzene rings is 1. The largest absolute Gasteiger partial charge is 0.480 e. The first-order valence-electron chi connectivity index (χ1n) is 7.30. The van der Waals surface area contributed by atoms with E-state index in [1.54, 1.807) is 12.3 Å². The number of hydrogen-bond acceptors (Lipinski definition) is 4. The van der Waals surface area contributed by atoms with Crippen LogP contribution in [0.15, 0.2) is 42.6 Å². The summed E-state index contributed by atoms with van der Waals surface area (Å²) in [5.41, 5.74) is 1.62. The molecule has 0 spiro atoms. The van der Waals surface area contributed by atoms with Gasteiger partial charge in [-0.25, -0.2) is 4.79 Å². The maximum absolute atomic E-state index is 12.3. The van der Waals surface area contributed by atoms with Gasteiger partial charge in [-0.15, -0.1) is 0 Å². The quantitative estimate of drug-likeness (QED) is 0.870. The molecule has 23 heavy (non-hydrogen) atoms. The van der Waals surface area contributed by atoms with E-state index < -0.39 is 12.0 Å². The van der Waals surface area contributed by atoms with Gasteiger partial charge in [-0.05, 0) is 12.1 Å². The summed E-state index contributed by atoms with van der Waals surface area (Å²) in [7, 11) is 0. The number of carbonyl (C=O) groups is 2. The van der Waals surface area contributed by atoms with Crippen molar-refractivity contribution in [3.05, 3.63) is 48.2 Å². The normalized spacial score (nSPS) is 18.4. The predicted molar refractivity (Wildman–Crippen MR) is 84.7 cm³/mol. The topological polar surface area (TPSA) is 79.7 Å². The second kappa shape index (κ2) is 6.58. The summed E-state index contributed by atoms with van der Waals surface area (Å²) >= 11 is 0. The van der Waals surface area contributed by atoms with Crippen LogP contribution in [0, 0.1) is 0 Å². The summed E-state index contributed by atoms with van der Waals surface area (Å²) in [5.74, 6) is -1.40. The lowest BCUT2D eigenvalue weighted by Gasteiger charge is -2.32. The maximum atomic E-state index is 12.3. The summed E-state index contributed by atoms with van der Waals surface area (Å²) in [6.45, 7) is 0.637. The number of amides is 1. The zero-order chi connectivity index (χ0) is 16.2. The van der Waals surface area contributed by atoms with E-state index in [1.165, 1.54) is 11.0 Å². The number of aliphatic carboxylic acids is 1. The molecule has 2 aromatic rings. The zero-order valence-electron chi connectivity index (χ0n) is 12.4. The van der Waals surface area contributed by atoms with E-state index in [-0.39, 0.29) is 19.1 Å². The highest BCUT2D eigenvalue weighted by Gasteiger charge is 2.31. The summed E-state index contributed by atoms with van der Waals surface area (Å²) in [6.07, 6.45) is 4.76. The number of ether oxygens (including phenoxy) is 1. The molecular formula is C17H16N2O4. The molecule has 1 aliphatic heterocycles. The average molecular weight is 312 g/mol. The van der Waals surface area contributed by atoms with Gasteiger partial charge in [-0.2, -0.15) is 0 Å². The molecule has 1 N–H and O–H groups in total. The highest BCUT2D eigenvalue weighted by Crippen LogP contribution is 2.17. The van der Waals surface area contributed by atoms with Gasteiger partial charge in [-0.1, -0.05) is 24.3 Å². The predicted octanol–water partition coefficient (Wildman–Crippen LogP) is 1.56. The van der Waals surface area contributed by atoms with E-state index in [1.807, 2.05) is 30.3 Å². The van der Waals surface area contributed by atoms with Gasteiger partial charge in [0.1, 0.15) is 0 Å². The Kier molecular flexibility index (Phi) is 4.34. The number of morpholine rings is 1. The number of fused-ring (bicyclic) bond motifs is 1. The molecule has 3 rings (SSSR count). The molecular weight excluding hydrogens is 296 g/mol. The molecule has 1 aliphatic rings. The van der Waals surface area contributed by atoms with Crippen LogP contribution in [0.3, 0.4) is 0 Å². The van der Waals surface area contributed by atoms with Crippen LogP contribution in [-0.4, -0.2) is 52.7 Å². The van der Waals surface area contributed by atoms with Crippen LogP contribution in [0.5, 0.6) is 0 Å². The van der Waals surface area contributed by atoms with Crippen LogP contribution < -0.4 is 0 Å². The van der Waals surface area contributed by atoms with Gasteiger partial charge in [0.25, 0.3) is 0 Å². The molecule has 1 amide bonds. The fourth-order valence-corrected chi connectivity index (χ4v) is 2.59. The molecule has 1 aromatic carbocycles. The van der Waals surface area contributed by atoms with Crippen LogP contribution in [0.1, 0.15) is 5.56 Å². The highest BCUT2D eigenvalue weighted by molar-refractivity contribution is 5.97. The fraction of sp³-hybridized carbons (Fsp3) is 0.235. The lowest BCUT2D eigenvalue weighted by molar-refractivity contribution is -0.156. The average Bonchev–Trinajstić information content (AvgIpc) is 2.59. The van der Waals surface area contributed by atoms with Crippen LogP contribution in [-0.2, 0) is 14.3 Å². The van der Waals surface area contributed by atoms with E-state index in [0.717, 1.165) is 16.5 Å². The Hall–Kier alpha value is -2.73. The first-order valence-corrected chi connectivity index (χ1v) is 7.30. The molecule has 1 aromatic heterocycles. The summed E-state index contributed by atoms with van der Waals surface area (Å²) in [4.78, 5) is 29.2. The number of carboxylic acids is 1. The number of carboxylic acid groups (broad SMARTS) is 1. The van der Waals surface area contributed by atoms with Crippen LogP contribution in [0.25, 0.3) is 17.0 Å². The third kappa shape index (κ3) is 3.22. The monoisotopic (exact) mass is 312 g/mol. The van der Waals surface area contributed by atoms with Gasteiger partial charge < -0.3 is 14.7 Å². The molecule has 1 unspecified atom stereocenters. The second-order valence-corrected chi connectivity index (χ2v) is 5.22. The van der Waals surface area contributed by atoms with Gasteiger partial charge in [0, 0.05) is 29.8 Å². The van der Waals surface area contributed by atoms with Gasteiger partial charge in [-0.3, -0.25) is 9.78 Å². The molecule has 1 atom stereocenters. The van der Waals surface area contributed by atoms with Crippen molar-refractivity contribution in [3.63, 3.8) is 0 Å². The number of nitrogens with zero attached hydrogens (tertiary/aromatic N) is 2. The third-order valence-corrected chi connectivity index (χ3v) is 3.77. The van der Waals surface area contributed by atoms with Gasteiger partial charge >= 0.3 is 5.97 Å². The van der Waals surface area contributed by atoms with E-state index >= 15 is 0 Å². The molecule has 118 valence electrons. The first-order chi connectivity index (χ1) is 11.2. The van der Waals surface area contributed by atoms with Gasteiger partial charge in [0.15, 0.2) is 6.04 Å². The minimum Gasteiger partial charge on any atom is -0.480 e. The number of hydrogen-bond donors (Lipinski definition) is 1. The van der Waals surface area contributed by atoms with Crippen LogP contribution in [0.4, 0.5) is 0 Å². The van der Waals surface area contributed by atoms with Crippen molar-refractivity contribution in [2.75, 3.05) is 19.8 Å². The van der Waals surface area contributed by atoms with Crippen LogP contribution >= 0.6 is 0 Å². The Bertz CT molecular complexity index is 767. The second-order valence-electron chi connectivity index (χ2n) is 5.22. The van der Waals surface area contributed by atoms with Crippen molar-refractivity contribution in [2.45, 2.75) is 6.04 Å². The minimum absolute atomic E-state index is 0.0186. The molecule has 0 aliphatic carbocycles. The highest BCUT2D eigenvalue weighted by atomic mass is 16.5. The summed E-state index contributed by atoms with van der Waals surface area (Å²) in [6, 6.07) is 8.57. The van der Waals surface area contributed by atoms with Crippen molar-refractivity contribution in [3.8, 4) is 0 Å². The third-order valence-electron chi connectivity index (χ3n) is 3.77. The Morgan fingerprint density at radius 2 is 2.13 bits per heavy atom. The SMILES string of the molecule is O=C(O)C1COCCN1C(=O)C=Cc1cccc2cccnc12. The van der Waals surface area contributed by atoms with Crippen molar-refractivity contribution in [1.29, 1.82) is 0 Å². The molecule has 1 saturated heterocycles. The first kappa shape index (κ1) is 15.2. The number of rotatable bonds is 3. The number of para-hydroxylation sites is 1. The molecule has 0 radical (unpaired) electrons. The van der Waals surface area contributed by atoms with Crippen LogP contribution in [0.2, 0.25) is 0 Å². The Morgan fingerprint density at radius 1 is 1.30 bits per heavy atom. The van der Waals surface area contributed by atoms with E-state index in [0.29, 0.717) is 6.61 Å².